The lowest BCUT2D eigenvalue weighted by molar-refractivity contribution is -0.146. The van der Waals surface area contributed by atoms with E-state index in [0.29, 0.717) is 11.8 Å². The van der Waals surface area contributed by atoms with Crippen molar-refractivity contribution >= 4 is 11.9 Å². The Morgan fingerprint density at radius 2 is 2.00 bits per heavy atom. The van der Waals surface area contributed by atoms with Crippen molar-refractivity contribution in [1.29, 1.82) is 0 Å². The van der Waals surface area contributed by atoms with E-state index in [1.54, 1.807) is 12.4 Å². The molecule has 0 amide bonds. The minimum Gasteiger partial charge on any atom is -0.462 e. The molecule has 2 saturated carbocycles. The molecule has 156 valence electrons. The van der Waals surface area contributed by atoms with Crippen LogP contribution in [0.2, 0.25) is 0 Å². The number of fused-ring (bicyclic) bond motifs is 2. The van der Waals surface area contributed by atoms with Crippen molar-refractivity contribution in [2.24, 2.45) is 23.2 Å². The van der Waals surface area contributed by atoms with Gasteiger partial charge in [0.05, 0.1) is 5.92 Å². The van der Waals surface area contributed by atoms with Crippen LogP contribution in [0, 0.1) is 23.2 Å². The summed E-state index contributed by atoms with van der Waals surface area (Å²) >= 11 is 0. The molecule has 5 rings (SSSR count). The van der Waals surface area contributed by atoms with Gasteiger partial charge in [-0.05, 0) is 49.5 Å². The van der Waals surface area contributed by atoms with E-state index >= 15 is 0 Å². The SMILES string of the molecule is C=C1CCC[C@]2(C)C[C@H]3OC(=O)C(CN4CCN(c5ncccn5)CC4)[C@H]3CC12. The molecule has 2 saturated heterocycles. The van der Waals surface area contributed by atoms with Crippen LogP contribution < -0.4 is 4.90 Å². The van der Waals surface area contributed by atoms with Gasteiger partial charge in [-0.3, -0.25) is 9.69 Å². The number of piperazine rings is 1. The molecule has 0 aromatic carbocycles. The number of anilines is 1. The van der Waals surface area contributed by atoms with Gasteiger partial charge in [-0.1, -0.05) is 19.1 Å². The fourth-order valence-corrected chi connectivity index (χ4v) is 6.33. The predicted molar refractivity (Wildman–Crippen MR) is 111 cm³/mol. The number of carbonyl (C=O) groups is 1. The molecule has 5 atom stereocenters. The van der Waals surface area contributed by atoms with Crippen LogP contribution in [-0.2, 0) is 9.53 Å². The first-order chi connectivity index (χ1) is 14.0. The molecular formula is C23H32N4O2. The Bertz CT molecular complexity index is 776. The second-order valence-corrected chi connectivity index (χ2v) is 9.74. The number of ether oxygens (including phenoxy) is 1. The summed E-state index contributed by atoms with van der Waals surface area (Å²) in [5.41, 5.74) is 1.68. The van der Waals surface area contributed by atoms with Gasteiger partial charge < -0.3 is 9.64 Å². The number of esters is 1. The first kappa shape index (κ1) is 19.0. The Labute approximate surface area is 173 Å². The van der Waals surface area contributed by atoms with Crippen molar-refractivity contribution < 1.29 is 9.53 Å². The number of rotatable bonds is 3. The molecule has 2 aliphatic carbocycles. The second kappa shape index (κ2) is 7.38. The van der Waals surface area contributed by atoms with E-state index < -0.39 is 0 Å². The lowest BCUT2D eigenvalue weighted by Crippen LogP contribution is -2.50. The topological polar surface area (TPSA) is 58.6 Å². The van der Waals surface area contributed by atoms with E-state index in [1.807, 2.05) is 6.07 Å². The summed E-state index contributed by atoms with van der Waals surface area (Å²) in [6.45, 7) is 11.3. The average Bonchev–Trinajstić information content (AvgIpc) is 3.01. The van der Waals surface area contributed by atoms with Crippen LogP contribution in [0.4, 0.5) is 5.95 Å². The summed E-state index contributed by atoms with van der Waals surface area (Å²) in [7, 11) is 0. The van der Waals surface area contributed by atoms with Gasteiger partial charge in [0.1, 0.15) is 6.10 Å². The Morgan fingerprint density at radius 1 is 1.24 bits per heavy atom. The molecule has 6 heteroatoms. The number of nitrogens with zero attached hydrogens (tertiary/aromatic N) is 4. The van der Waals surface area contributed by atoms with E-state index in [2.05, 4.69) is 33.3 Å². The third-order valence-corrected chi connectivity index (χ3v) is 7.98. The molecule has 2 unspecified atom stereocenters. The smallest absolute Gasteiger partial charge is 0.310 e. The summed E-state index contributed by atoms with van der Waals surface area (Å²) < 4.78 is 5.93. The molecule has 29 heavy (non-hydrogen) atoms. The Balaban J connectivity index is 1.23. The monoisotopic (exact) mass is 396 g/mol. The number of carbonyl (C=O) groups excluding carboxylic acids is 1. The van der Waals surface area contributed by atoms with Crippen molar-refractivity contribution in [3.63, 3.8) is 0 Å². The van der Waals surface area contributed by atoms with Crippen LogP contribution >= 0.6 is 0 Å². The van der Waals surface area contributed by atoms with E-state index in [1.165, 1.54) is 18.4 Å². The van der Waals surface area contributed by atoms with E-state index in [-0.39, 0.29) is 23.4 Å². The number of allylic oxidation sites excluding steroid dienone is 1. The molecule has 0 radical (unpaired) electrons. The fourth-order valence-electron chi connectivity index (χ4n) is 6.33. The number of aromatic nitrogens is 2. The second-order valence-electron chi connectivity index (χ2n) is 9.74. The maximum Gasteiger partial charge on any atom is 0.310 e. The van der Waals surface area contributed by atoms with Crippen LogP contribution in [0.3, 0.4) is 0 Å². The van der Waals surface area contributed by atoms with Gasteiger partial charge in [-0.15, -0.1) is 0 Å². The largest absolute Gasteiger partial charge is 0.462 e. The molecular weight excluding hydrogens is 364 g/mol. The van der Waals surface area contributed by atoms with Crippen LogP contribution in [-0.4, -0.2) is 59.7 Å². The summed E-state index contributed by atoms with van der Waals surface area (Å²) in [4.78, 5) is 26.2. The molecule has 6 nitrogen and oxygen atoms in total. The highest BCUT2D eigenvalue weighted by molar-refractivity contribution is 5.75. The van der Waals surface area contributed by atoms with Crippen LogP contribution in [0.25, 0.3) is 0 Å². The molecule has 0 bridgehead atoms. The third-order valence-electron chi connectivity index (χ3n) is 7.98. The quantitative estimate of drug-likeness (QED) is 0.578. The van der Waals surface area contributed by atoms with Gasteiger partial charge in [-0.2, -0.15) is 0 Å². The van der Waals surface area contributed by atoms with E-state index in [0.717, 1.165) is 57.9 Å². The summed E-state index contributed by atoms with van der Waals surface area (Å²) in [5, 5.41) is 0. The lowest BCUT2D eigenvalue weighted by Gasteiger charge is -2.50. The third kappa shape index (κ3) is 3.45. The van der Waals surface area contributed by atoms with E-state index in [4.69, 9.17) is 4.74 Å². The van der Waals surface area contributed by atoms with Gasteiger partial charge in [0.25, 0.3) is 0 Å². The Hall–Kier alpha value is -1.95. The number of hydrogen-bond acceptors (Lipinski definition) is 6. The van der Waals surface area contributed by atoms with Crippen molar-refractivity contribution in [3.8, 4) is 0 Å². The normalized spacial score (nSPS) is 37.8. The van der Waals surface area contributed by atoms with Gasteiger partial charge in [0.15, 0.2) is 0 Å². The number of hydrogen-bond donors (Lipinski definition) is 0. The van der Waals surface area contributed by atoms with Crippen molar-refractivity contribution in [2.45, 2.75) is 45.1 Å². The maximum atomic E-state index is 12.8. The molecule has 1 aromatic rings. The van der Waals surface area contributed by atoms with Crippen LogP contribution in [0.1, 0.15) is 39.0 Å². The van der Waals surface area contributed by atoms with Crippen molar-refractivity contribution in [2.75, 3.05) is 37.6 Å². The van der Waals surface area contributed by atoms with Gasteiger partial charge in [-0.25, -0.2) is 9.97 Å². The fraction of sp³-hybridized carbons (Fsp3) is 0.696. The first-order valence-corrected chi connectivity index (χ1v) is 11.2. The molecule has 0 spiro atoms. The summed E-state index contributed by atoms with van der Waals surface area (Å²) in [6, 6.07) is 1.85. The van der Waals surface area contributed by atoms with Gasteiger partial charge >= 0.3 is 5.97 Å². The van der Waals surface area contributed by atoms with E-state index in [9.17, 15) is 4.79 Å². The Kier molecular flexibility index (Phi) is 4.85. The van der Waals surface area contributed by atoms with Crippen molar-refractivity contribution in [1.82, 2.24) is 14.9 Å². The van der Waals surface area contributed by atoms with Crippen LogP contribution in [0.15, 0.2) is 30.6 Å². The summed E-state index contributed by atoms with van der Waals surface area (Å²) in [5.74, 6) is 1.75. The lowest BCUT2D eigenvalue weighted by atomic mass is 9.55. The molecule has 0 N–H and O–H groups in total. The highest BCUT2D eigenvalue weighted by atomic mass is 16.6. The Morgan fingerprint density at radius 3 is 2.76 bits per heavy atom. The molecule has 4 fully saturated rings. The summed E-state index contributed by atoms with van der Waals surface area (Å²) in [6.07, 6.45) is 9.41. The zero-order valence-corrected chi connectivity index (χ0v) is 17.4. The zero-order valence-electron chi connectivity index (χ0n) is 17.4. The predicted octanol–water partition coefficient (Wildman–Crippen LogP) is 2.91. The maximum absolute atomic E-state index is 12.8. The van der Waals surface area contributed by atoms with Gasteiger partial charge in [0.2, 0.25) is 5.95 Å². The molecule has 2 aliphatic heterocycles. The minimum absolute atomic E-state index is 0.0128. The highest BCUT2D eigenvalue weighted by Gasteiger charge is 2.55. The molecule has 4 aliphatic rings. The zero-order chi connectivity index (χ0) is 20.0. The average molecular weight is 397 g/mol. The molecule has 3 heterocycles. The van der Waals surface area contributed by atoms with Crippen LogP contribution in [0.5, 0.6) is 0 Å². The first-order valence-electron chi connectivity index (χ1n) is 11.2. The standard InChI is InChI=1S/C23H32N4O2/c1-16-5-3-6-23(2)14-20-17(13-19(16)23)18(21(28)29-20)15-26-9-11-27(12-10-26)22-24-7-4-8-25-22/h4,7-8,17-20H,1,3,5-6,9-15H2,2H3/t17-,18?,19?,20-,23-/m1/s1. The highest BCUT2D eigenvalue weighted by Crippen LogP contribution is 2.56. The molecule has 1 aromatic heterocycles. The van der Waals surface area contributed by atoms with Gasteiger partial charge in [0, 0.05) is 51.0 Å². The van der Waals surface area contributed by atoms with Crippen molar-refractivity contribution in [3.05, 3.63) is 30.6 Å². The minimum atomic E-state index is 0.0128.